The van der Waals surface area contributed by atoms with E-state index >= 15 is 0 Å². The number of carbonyl (C=O) groups is 1. The molecule has 0 N–H and O–H groups in total. The van der Waals surface area contributed by atoms with Crippen LogP contribution in [0, 0.1) is 5.41 Å². The molecule has 1 saturated heterocycles. The minimum Gasteiger partial charge on any atom is -0.367 e. The van der Waals surface area contributed by atoms with Crippen molar-refractivity contribution in [1.82, 2.24) is 9.96 Å². The lowest BCUT2D eigenvalue weighted by Crippen LogP contribution is -2.48. The number of carbonyl (C=O) groups excluding carboxylic acids is 1. The molecule has 0 aromatic carbocycles. The van der Waals surface area contributed by atoms with Crippen molar-refractivity contribution >= 4 is 5.97 Å². The summed E-state index contributed by atoms with van der Waals surface area (Å²) in [6, 6.07) is 0.820. The molecule has 0 aromatic heterocycles. The van der Waals surface area contributed by atoms with E-state index < -0.39 is 5.41 Å². The van der Waals surface area contributed by atoms with E-state index in [1.54, 1.807) is 0 Å². The Hall–Kier alpha value is -0.610. The summed E-state index contributed by atoms with van der Waals surface area (Å²) in [5.74, 6) is -0.132. The SMILES string of the molecule is CC(C)(C)C(=O)ON1CCN(C2CC2)CC1. The molecule has 1 aliphatic carbocycles. The maximum atomic E-state index is 11.7. The normalized spacial score (nSPS) is 24.4. The highest BCUT2D eigenvalue weighted by molar-refractivity contribution is 5.75. The van der Waals surface area contributed by atoms with Crippen LogP contribution in [0.15, 0.2) is 0 Å². The Balaban J connectivity index is 1.74. The van der Waals surface area contributed by atoms with Gasteiger partial charge in [-0.15, -0.1) is 5.06 Å². The van der Waals surface area contributed by atoms with E-state index in [2.05, 4.69) is 4.90 Å². The molecule has 0 atom stereocenters. The molecule has 0 bridgehead atoms. The lowest BCUT2D eigenvalue weighted by atomic mass is 9.98. The Morgan fingerprint density at radius 2 is 1.69 bits per heavy atom. The summed E-state index contributed by atoms with van der Waals surface area (Å²) in [6.07, 6.45) is 2.70. The number of rotatable bonds is 2. The number of hydrogen-bond donors (Lipinski definition) is 0. The van der Waals surface area contributed by atoms with Gasteiger partial charge in [0.05, 0.1) is 5.41 Å². The lowest BCUT2D eigenvalue weighted by Gasteiger charge is -2.34. The van der Waals surface area contributed by atoms with E-state index in [4.69, 9.17) is 4.84 Å². The first-order chi connectivity index (χ1) is 7.47. The third-order valence-corrected chi connectivity index (χ3v) is 3.16. The molecular formula is C12H22N2O2. The second kappa shape index (κ2) is 4.34. The molecule has 0 unspecified atom stereocenters. The second-order valence-corrected chi connectivity index (χ2v) is 5.82. The summed E-state index contributed by atoms with van der Waals surface area (Å²) in [5, 5.41) is 1.81. The number of nitrogens with zero attached hydrogens (tertiary/aromatic N) is 2. The summed E-state index contributed by atoms with van der Waals surface area (Å²) in [5.41, 5.74) is -0.409. The van der Waals surface area contributed by atoms with E-state index in [1.807, 2.05) is 25.8 Å². The molecule has 16 heavy (non-hydrogen) atoms. The van der Waals surface area contributed by atoms with Crippen LogP contribution >= 0.6 is 0 Å². The van der Waals surface area contributed by atoms with Crippen LogP contribution in [-0.2, 0) is 9.63 Å². The van der Waals surface area contributed by atoms with Crippen molar-refractivity contribution in [3.63, 3.8) is 0 Å². The molecular weight excluding hydrogens is 204 g/mol. The summed E-state index contributed by atoms with van der Waals surface area (Å²) >= 11 is 0. The van der Waals surface area contributed by atoms with Crippen molar-refractivity contribution in [3.05, 3.63) is 0 Å². The van der Waals surface area contributed by atoms with Gasteiger partial charge in [-0.05, 0) is 33.6 Å². The van der Waals surface area contributed by atoms with Crippen LogP contribution in [0.25, 0.3) is 0 Å². The molecule has 0 aromatic rings. The van der Waals surface area contributed by atoms with Crippen molar-refractivity contribution in [2.75, 3.05) is 26.2 Å². The minimum absolute atomic E-state index is 0.132. The van der Waals surface area contributed by atoms with Crippen molar-refractivity contribution in [2.24, 2.45) is 5.41 Å². The van der Waals surface area contributed by atoms with E-state index in [-0.39, 0.29) is 5.97 Å². The number of hydrogen-bond acceptors (Lipinski definition) is 4. The van der Waals surface area contributed by atoms with Gasteiger partial charge in [-0.25, -0.2) is 4.79 Å². The molecule has 92 valence electrons. The molecule has 0 spiro atoms. The van der Waals surface area contributed by atoms with E-state index in [0.29, 0.717) is 0 Å². The van der Waals surface area contributed by atoms with Gasteiger partial charge in [-0.2, -0.15) is 0 Å². The number of hydroxylamine groups is 2. The van der Waals surface area contributed by atoms with Crippen LogP contribution in [-0.4, -0.2) is 48.2 Å². The van der Waals surface area contributed by atoms with Crippen molar-refractivity contribution < 1.29 is 9.63 Å². The van der Waals surface area contributed by atoms with Crippen LogP contribution < -0.4 is 0 Å². The summed E-state index contributed by atoms with van der Waals surface area (Å²) in [6.45, 7) is 9.40. The smallest absolute Gasteiger partial charge is 0.330 e. The highest BCUT2D eigenvalue weighted by atomic mass is 16.7. The maximum Gasteiger partial charge on any atom is 0.330 e. The zero-order chi connectivity index (χ0) is 11.8. The third-order valence-electron chi connectivity index (χ3n) is 3.16. The molecule has 1 aliphatic heterocycles. The molecule has 2 fully saturated rings. The lowest BCUT2D eigenvalue weighted by molar-refractivity contribution is -0.207. The van der Waals surface area contributed by atoms with Gasteiger partial charge in [0.1, 0.15) is 0 Å². The minimum atomic E-state index is -0.409. The largest absolute Gasteiger partial charge is 0.367 e. The molecule has 4 nitrogen and oxygen atoms in total. The Labute approximate surface area is 97.5 Å². The van der Waals surface area contributed by atoms with Crippen LogP contribution in [0.4, 0.5) is 0 Å². The van der Waals surface area contributed by atoms with E-state index in [1.165, 1.54) is 12.8 Å². The van der Waals surface area contributed by atoms with Crippen LogP contribution in [0.3, 0.4) is 0 Å². The van der Waals surface area contributed by atoms with E-state index in [0.717, 1.165) is 32.2 Å². The van der Waals surface area contributed by atoms with Gasteiger partial charge in [0.25, 0.3) is 0 Å². The highest BCUT2D eigenvalue weighted by Crippen LogP contribution is 2.27. The molecule has 0 amide bonds. The quantitative estimate of drug-likeness (QED) is 0.710. The van der Waals surface area contributed by atoms with Gasteiger partial charge in [-0.1, -0.05) is 0 Å². The Kier molecular flexibility index (Phi) is 3.22. The zero-order valence-electron chi connectivity index (χ0n) is 10.5. The van der Waals surface area contributed by atoms with Gasteiger partial charge < -0.3 is 4.84 Å². The summed E-state index contributed by atoms with van der Waals surface area (Å²) in [7, 11) is 0. The van der Waals surface area contributed by atoms with Crippen molar-refractivity contribution in [1.29, 1.82) is 0 Å². The van der Waals surface area contributed by atoms with Crippen LogP contribution in [0.1, 0.15) is 33.6 Å². The molecule has 1 saturated carbocycles. The average Bonchev–Trinajstić information content (AvgIpc) is 3.01. The molecule has 2 aliphatic rings. The van der Waals surface area contributed by atoms with E-state index in [9.17, 15) is 4.79 Å². The monoisotopic (exact) mass is 226 g/mol. The Morgan fingerprint density at radius 3 is 2.12 bits per heavy atom. The fraction of sp³-hybridized carbons (Fsp3) is 0.917. The Bertz CT molecular complexity index is 261. The first kappa shape index (κ1) is 11.9. The fourth-order valence-electron chi connectivity index (χ4n) is 1.85. The van der Waals surface area contributed by atoms with Gasteiger partial charge in [0, 0.05) is 32.2 Å². The van der Waals surface area contributed by atoms with Crippen molar-refractivity contribution in [2.45, 2.75) is 39.7 Å². The van der Waals surface area contributed by atoms with Gasteiger partial charge in [-0.3, -0.25) is 4.90 Å². The third kappa shape index (κ3) is 2.95. The molecule has 4 heteroatoms. The summed E-state index contributed by atoms with van der Waals surface area (Å²) < 4.78 is 0. The topological polar surface area (TPSA) is 32.8 Å². The van der Waals surface area contributed by atoms with Crippen molar-refractivity contribution in [3.8, 4) is 0 Å². The summed E-state index contributed by atoms with van der Waals surface area (Å²) in [4.78, 5) is 19.6. The molecule has 0 radical (unpaired) electrons. The van der Waals surface area contributed by atoms with Gasteiger partial charge in [0.2, 0.25) is 0 Å². The molecule has 2 rings (SSSR count). The first-order valence-electron chi connectivity index (χ1n) is 6.18. The predicted octanol–water partition coefficient (Wildman–Crippen LogP) is 1.27. The predicted molar refractivity (Wildman–Crippen MR) is 61.7 cm³/mol. The highest BCUT2D eigenvalue weighted by Gasteiger charge is 2.33. The van der Waals surface area contributed by atoms with Crippen LogP contribution in [0.5, 0.6) is 0 Å². The fourth-order valence-corrected chi connectivity index (χ4v) is 1.85. The average molecular weight is 226 g/mol. The molecule has 1 heterocycles. The number of piperazine rings is 1. The standard InChI is InChI=1S/C12H22N2O2/c1-12(2,3)11(15)16-14-8-6-13(7-9-14)10-4-5-10/h10H,4-9H2,1-3H3. The zero-order valence-corrected chi connectivity index (χ0v) is 10.5. The second-order valence-electron chi connectivity index (χ2n) is 5.82. The maximum absolute atomic E-state index is 11.7. The van der Waals surface area contributed by atoms with Gasteiger partial charge in [0.15, 0.2) is 0 Å². The van der Waals surface area contributed by atoms with Gasteiger partial charge >= 0.3 is 5.97 Å². The van der Waals surface area contributed by atoms with Crippen LogP contribution in [0.2, 0.25) is 0 Å². The first-order valence-corrected chi connectivity index (χ1v) is 6.18. The Morgan fingerprint density at radius 1 is 1.12 bits per heavy atom.